The van der Waals surface area contributed by atoms with Crippen LogP contribution in [0.2, 0.25) is 5.02 Å². The van der Waals surface area contributed by atoms with Gasteiger partial charge in [0, 0.05) is 13.0 Å². The van der Waals surface area contributed by atoms with Crippen molar-refractivity contribution in [2.24, 2.45) is 0 Å². The van der Waals surface area contributed by atoms with Crippen molar-refractivity contribution in [1.29, 1.82) is 0 Å². The number of ether oxygens (including phenoxy) is 1. The van der Waals surface area contributed by atoms with Gasteiger partial charge in [0.15, 0.2) is 0 Å². The van der Waals surface area contributed by atoms with E-state index in [1.54, 1.807) is 30.3 Å². The van der Waals surface area contributed by atoms with E-state index in [2.05, 4.69) is 15.4 Å². The monoisotopic (exact) mass is 368 g/mol. The lowest BCUT2D eigenvalue weighted by molar-refractivity contribution is -0.116. The van der Waals surface area contributed by atoms with Crippen LogP contribution in [0.4, 0.5) is 14.5 Å². The number of nitrogens with one attached hydrogen (secondary N) is 2. The van der Waals surface area contributed by atoms with E-state index in [1.807, 2.05) is 0 Å². The van der Waals surface area contributed by atoms with Gasteiger partial charge in [0.1, 0.15) is 5.75 Å². The first-order valence-electron chi connectivity index (χ1n) is 7.34. The molecule has 0 saturated carbocycles. The van der Waals surface area contributed by atoms with E-state index in [9.17, 15) is 18.4 Å². The van der Waals surface area contributed by atoms with Crippen LogP contribution in [-0.4, -0.2) is 25.0 Å². The van der Waals surface area contributed by atoms with Gasteiger partial charge < -0.3 is 15.4 Å². The first kappa shape index (κ1) is 18.7. The smallest absolute Gasteiger partial charge is 0.387 e. The van der Waals surface area contributed by atoms with Crippen LogP contribution in [-0.2, 0) is 4.79 Å². The van der Waals surface area contributed by atoms with E-state index < -0.39 is 18.4 Å². The first-order valence-corrected chi connectivity index (χ1v) is 7.71. The second-order valence-corrected chi connectivity index (χ2v) is 5.32. The van der Waals surface area contributed by atoms with Crippen LogP contribution < -0.4 is 15.4 Å². The Morgan fingerprint density at radius 3 is 2.48 bits per heavy atom. The Kier molecular flexibility index (Phi) is 6.71. The van der Waals surface area contributed by atoms with Crippen molar-refractivity contribution in [3.63, 3.8) is 0 Å². The molecule has 0 spiro atoms. The minimum absolute atomic E-state index is 0.0425. The van der Waals surface area contributed by atoms with Crippen LogP contribution in [0.1, 0.15) is 16.8 Å². The molecule has 0 aliphatic heterocycles. The van der Waals surface area contributed by atoms with Gasteiger partial charge >= 0.3 is 6.61 Å². The molecule has 0 unspecified atom stereocenters. The number of benzene rings is 2. The molecule has 2 N–H and O–H groups in total. The third-order valence-electron chi connectivity index (χ3n) is 3.13. The van der Waals surface area contributed by atoms with E-state index in [0.29, 0.717) is 10.6 Å². The molecule has 2 rings (SSSR count). The molecule has 25 heavy (non-hydrogen) atoms. The maximum absolute atomic E-state index is 12.3. The zero-order chi connectivity index (χ0) is 18.2. The summed E-state index contributed by atoms with van der Waals surface area (Å²) in [5, 5.41) is 5.34. The Bertz CT molecular complexity index is 756. The van der Waals surface area contributed by atoms with Crippen LogP contribution in [0.25, 0.3) is 0 Å². The Hall–Kier alpha value is -2.67. The molecular formula is C17H15ClF2N2O3. The maximum Gasteiger partial charge on any atom is 0.387 e. The molecule has 5 nitrogen and oxygen atoms in total. The highest BCUT2D eigenvalue weighted by atomic mass is 35.5. The molecule has 0 aromatic heterocycles. The molecule has 2 amide bonds. The summed E-state index contributed by atoms with van der Waals surface area (Å²) in [7, 11) is 0. The second-order valence-electron chi connectivity index (χ2n) is 4.91. The van der Waals surface area contributed by atoms with Crippen molar-refractivity contribution in [2.45, 2.75) is 13.0 Å². The molecule has 0 aliphatic rings. The Balaban J connectivity index is 1.85. The lowest BCUT2D eigenvalue weighted by Crippen LogP contribution is -2.28. The molecule has 0 saturated heterocycles. The van der Waals surface area contributed by atoms with Gasteiger partial charge in [0.2, 0.25) is 5.91 Å². The molecule has 0 aliphatic carbocycles. The van der Waals surface area contributed by atoms with E-state index in [-0.39, 0.29) is 24.4 Å². The van der Waals surface area contributed by atoms with Gasteiger partial charge in [0.25, 0.3) is 5.91 Å². The van der Waals surface area contributed by atoms with Crippen molar-refractivity contribution in [3.05, 3.63) is 59.1 Å². The lowest BCUT2D eigenvalue weighted by Gasteiger charge is -2.12. The fourth-order valence-corrected chi connectivity index (χ4v) is 2.23. The number of rotatable bonds is 7. The Labute approximate surface area is 147 Å². The molecule has 0 bridgehead atoms. The minimum atomic E-state index is -2.99. The predicted molar refractivity (Wildman–Crippen MR) is 90.1 cm³/mol. The van der Waals surface area contributed by atoms with Crippen LogP contribution in [0.3, 0.4) is 0 Å². The molecular weight excluding hydrogens is 354 g/mol. The van der Waals surface area contributed by atoms with E-state index >= 15 is 0 Å². The fraction of sp³-hybridized carbons (Fsp3) is 0.176. The summed E-state index contributed by atoms with van der Waals surface area (Å²) in [6, 6.07) is 12.4. The summed E-state index contributed by atoms with van der Waals surface area (Å²) in [5.41, 5.74) is 0.436. The number of hydrogen-bond acceptors (Lipinski definition) is 3. The SMILES string of the molecule is O=C(CCNC(=O)c1ccccc1Cl)Nc1ccccc1OC(F)F. The zero-order valence-electron chi connectivity index (χ0n) is 13.0. The number of anilines is 1. The Morgan fingerprint density at radius 1 is 1.08 bits per heavy atom. The number of halogens is 3. The summed E-state index contributed by atoms with van der Waals surface area (Å²) in [5.74, 6) is -0.990. The van der Waals surface area contributed by atoms with E-state index in [1.165, 1.54) is 18.2 Å². The fourth-order valence-electron chi connectivity index (χ4n) is 2.01. The second kappa shape index (κ2) is 8.98. The van der Waals surface area contributed by atoms with Gasteiger partial charge in [-0.1, -0.05) is 35.9 Å². The molecule has 0 radical (unpaired) electrons. The number of hydrogen-bond donors (Lipinski definition) is 2. The third kappa shape index (κ3) is 5.72. The summed E-state index contributed by atoms with van der Waals surface area (Å²) in [6.45, 7) is -2.93. The van der Waals surface area contributed by atoms with Gasteiger partial charge in [-0.2, -0.15) is 8.78 Å². The number of amides is 2. The Morgan fingerprint density at radius 2 is 1.76 bits per heavy atom. The maximum atomic E-state index is 12.3. The topological polar surface area (TPSA) is 67.4 Å². The quantitative estimate of drug-likeness (QED) is 0.783. The summed E-state index contributed by atoms with van der Waals surface area (Å²) in [6.07, 6.45) is -0.0425. The van der Waals surface area contributed by atoms with Crippen LogP contribution in [0.15, 0.2) is 48.5 Å². The predicted octanol–water partition coefficient (Wildman–Crippen LogP) is 3.70. The first-order chi connectivity index (χ1) is 12.0. The number of carbonyl (C=O) groups is 2. The summed E-state index contributed by atoms with van der Waals surface area (Å²) < 4.78 is 29.0. The van der Waals surface area contributed by atoms with Crippen LogP contribution in [0, 0.1) is 0 Å². The van der Waals surface area contributed by atoms with Crippen molar-refractivity contribution < 1.29 is 23.1 Å². The van der Waals surface area contributed by atoms with Gasteiger partial charge in [-0.05, 0) is 24.3 Å². The lowest BCUT2D eigenvalue weighted by atomic mass is 10.2. The van der Waals surface area contributed by atoms with Gasteiger partial charge in [0.05, 0.1) is 16.3 Å². The normalized spacial score (nSPS) is 10.4. The third-order valence-corrected chi connectivity index (χ3v) is 3.46. The minimum Gasteiger partial charge on any atom is -0.433 e. The standard InChI is InChI=1S/C17H15ClF2N2O3/c18-12-6-2-1-5-11(12)16(24)21-10-9-15(23)22-13-7-3-4-8-14(13)25-17(19)20/h1-8,17H,9-10H2,(H,21,24)(H,22,23). The largest absolute Gasteiger partial charge is 0.433 e. The van der Waals surface area contributed by atoms with Crippen LogP contribution in [0.5, 0.6) is 5.75 Å². The molecule has 2 aromatic carbocycles. The van der Waals surface area contributed by atoms with Crippen molar-refractivity contribution >= 4 is 29.1 Å². The van der Waals surface area contributed by atoms with E-state index in [0.717, 1.165) is 0 Å². The van der Waals surface area contributed by atoms with Crippen molar-refractivity contribution in [3.8, 4) is 5.75 Å². The molecule has 2 aromatic rings. The van der Waals surface area contributed by atoms with Gasteiger partial charge in [-0.25, -0.2) is 0 Å². The molecule has 0 heterocycles. The molecule has 0 atom stereocenters. The van der Waals surface area contributed by atoms with Crippen molar-refractivity contribution in [1.82, 2.24) is 5.32 Å². The number of alkyl halides is 2. The van der Waals surface area contributed by atoms with E-state index in [4.69, 9.17) is 11.6 Å². The zero-order valence-corrected chi connectivity index (χ0v) is 13.7. The van der Waals surface area contributed by atoms with Gasteiger partial charge in [-0.3, -0.25) is 9.59 Å². The summed E-state index contributed by atoms with van der Waals surface area (Å²) in [4.78, 5) is 23.9. The highest BCUT2D eigenvalue weighted by Crippen LogP contribution is 2.25. The molecule has 0 fully saturated rings. The van der Waals surface area contributed by atoms with Crippen molar-refractivity contribution in [2.75, 3.05) is 11.9 Å². The van der Waals surface area contributed by atoms with Crippen LogP contribution >= 0.6 is 11.6 Å². The highest BCUT2D eigenvalue weighted by molar-refractivity contribution is 6.33. The number of para-hydroxylation sites is 2. The average molecular weight is 369 g/mol. The number of carbonyl (C=O) groups excluding carboxylic acids is 2. The molecule has 132 valence electrons. The highest BCUT2D eigenvalue weighted by Gasteiger charge is 2.13. The summed E-state index contributed by atoms with van der Waals surface area (Å²) >= 11 is 5.91. The van der Waals surface area contributed by atoms with Gasteiger partial charge in [-0.15, -0.1) is 0 Å². The average Bonchev–Trinajstić information content (AvgIpc) is 2.56. The molecule has 8 heteroatoms.